The van der Waals surface area contributed by atoms with Gasteiger partial charge >= 0.3 is 0 Å². The fraction of sp³-hybridized carbons (Fsp3) is 0.400. The third-order valence-electron chi connectivity index (χ3n) is 3.47. The average Bonchev–Trinajstić information content (AvgIpc) is 2.87. The van der Waals surface area contributed by atoms with Crippen LogP contribution in [-0.2, 0) is 11.2 Å². The summed E-state index contributed by atoms with van der Waals surface area (Å²) in [5.41, 5.74) is 7.01. The van der Waals surface area contributed by atoms with Gasteiger partial charge in [-0.3, -0.25) is 15.2 Å². The molecule has 1 amide bonds. The van der Waals surface area contributed by atoms with E-state index in [1.165, 1.54) is 0 Å². The molecular weight excluding hydrogens is 284 g/mol. The van der Waals surface area contributed by atoms with Crippen LogP contribution in [0.4, 0.5) is 5.69 Å². The monoisotopic (exact) mass is 302 g/mol. The maximum absolute atomic E-state index is 11.4. The number of carbonyl (C=O) groups is 1. The van der Waals surface area contributed by atoms with Gasteiger partial charge in [0.2, 0.25) is 5.91 Å². The number of nitrogens with zero attached hydrogens (tertiary/aromatic N) is 2. The molecule has 6 heteroatoms. The second-order valence-corrected chi connectivity index (χ2v) is 6.06. The second kappa shape index (κ2) is 6.30. The third-order valence-corrected chi connectivity index (χ3v) is 4.38. The summed E-state index contributed by atoms with van der Waals surface area (Å²) in [5, 5.41) is 8.17. The molecule has 0 saturated heterocycles. The maximum Gasteiger partial charge on any atom is 0.228 e. The number of anilines is 1. The van der Waals surface area contributed by atoms with Crippen LogP contribution in [0, 0.1) is 0 Å². The number of carbonyl (C=O) groups excluding carboxylic acids is 1. The first-order valence-electron chi connectivity index (χ1n) is 7.19. The lowest BCUT2D eigenvalue weighted by molar-refractivity contribution is -0.115. The fourth-order valence-corrected chi connectivity index (χ4v) is 3.08. The predicted octanol–water partition coefficient (Wildman–Crippen LogP) is 2.38. The van der Waals surface area contributed by atoms with Crippen LogP contribution in [0.3, 0.4) is 0 Å². The van der Waals surface area contributed by atoms with E-state index in [0.717, 1.165) is 52.8 Å². The molecule has 2 aliphatic heterocycles. The van der Waals surface area contributed by atoms with E-state index in [9.17, 15) is 4.79 Å². The molecule has 0 bridgehead atoms. The van der Waals surface area contributed by atoms with Crippen LogP contribution in [0.5, 0.6) is 0 Å². The van der Waals surface area contributed by atoms with Crippen LogP contribution in [0.1, 0.15) is 30.9 Å². The van der Waals surface area contributed by atoms with E-state index in [4.69, 9.17) is 0 Å². The number of hydrogen-bond acceptors (Lipinski definition) is 4. The van der Waals surface area contributed by atoms with Crippen LogP contribution in [0.2, 0.25) is 0 Å². The van der Waals surface area contributed by atoms with Crippen molar-refractivity contribution in [2.75, 3.05) is 17.6 Å². The number of amidine groups is 1. The first-order valence-corrected chi connectivity index (χ1v) is 8.18. The molecule has 0 atom stereocenters. The highest BCUT2D eigenvalue weighted by Crippen LogP contribution is 2.25. The number of aliphatic imine (C=N–C) groups is 1. The zero-order chi connectivity index (χ0) is 14.7. The van der Waals surface area contributed by atoms with Crippen molar-refractivity contribution >= 4 is 34.2 Å². The van der Waals surface area contributed by atoms with Crippen LogP contribution < -0.4 is 10.7 Å². The summed E-state index contributed by atoms with van der Waals surface area (Å²) in [6.07, 6.45) is 2.73. The van der Waals surface area contributed by atoms with Gasteiger partial charge in [0, 0.05) is 23.5 Å². The molecule has 0 spiro atoms. The van der Waals surface area contributed by atoms with E-state index in [0.29, 0.717) is 6.42 Å². The highest BCUT2D eigenvalue weighted by Gasteiger charge is 2.19. The molecule has 2 N–H and O–H groups in total. The Labute approximate surface area is 128 Å². The molecule has 0 saturated carbocycles. The second-order valence-electron chi connectivity index (χ2n) is 5.10. The standard InChI is InChI=1S/C15H18N4OS/c1-2-3-6-16-15-19-18-13(9-21-15)10-4-5-11-8-14(20)17-12(11)7-10/h4-5,7H,2-3,6,8-9H2,1H3,(H,16,19)(H,17,20). The zero-order valence-electron chi connectivity index (χ0n) is 12.0. The minimum absolute atomic E-state index is 0.0607. The number of unbranched alkanes of at least 4 members (excludes halogenated alkanes) is 1. The molecule has 0 aliphatic carbocycles. The number of benzene rings is 1. The quantitative estimate of drug-likeness (QED) is 0.839. The van der Waals surface area contributed by atoms with Crippen LogP contribution in [0.25, 0.3) is 0 Å². The first kappa shape index (κ1) is 14.1. The number of nitrogens with one attached hydrogen (secondary N) is 2. The van der Waals surface area contributed by atoms with Crippen molar-refractivity contribution < 1.29 is 4.79 Å². The molecule has 110 valence electrons. The highest BCUT2D eigenvalue weighted by molar-refractivity contribution is 8.14. The van der Waals surface area contributed by atoms with Crippen molar-refractivity contribution in [3.05, 3.63) is 29.3 Å². The molecule has 21 heavy (non-hydrogen) atoms. The van der Waals surface area contributed by atoms with Gasteiger partial charge in [0.25, 0.3) is 0 Å². The normalized spacial score (nSPS) is 19.0. The van der Waals surface area contributed by atoms with Gasteiger partial charge in [0.1, 0.15) is 0 Å². The lowest BCUT2D eigenvalue weighted by Crippen LogP contribution is -2.25. The van der Waals surface area contributed by atoms with Gasteiger partial charge in [0.15, 0.2) is 5.17 Å². The number of hydrazone groups is 1. The molecule has 2 aliphatic rings. The van der Waals surface area contributed by atoms with Crippen molar-refractivity contribution in [3.8, 4) is 0 Å². The van der Waals surface area contributed by atoms with Crippen LogP contribution in [-0.4, -0.2) is 29.1 Å². The van der Waals surface area contributed by atoms with Crippen LogP contribution in [0.15, 0.2) is 28.3 Å². The summed E-state index contributed by atoms with van der Waals surface area (Å²) < 4.78 is 0. The number of thioether (sulfide) groups is 1. The number of amides is 1. The molecule has 0 unspecified atom stereocenters. The van der Waals surface area contributed by atoms with E-state index in [-0.39, 0.29) is 5.91 Å². The predicted molar refractivity (Wildman–Crippen MR) is 88.1 cm³/mol. The molecule has 1 aromatic rings. The van der Waals surface area contributed by atoms with E-state index < -0.39 is 0 Å². The minimum Gasteiger partial charge on any atom is -0.326 e. The lowest BCUT2D eigenvalue weighted by Gasteiger charge is -2.15. The Morgan fingerprint density at radius 1 is 1.43 bits per heavy atom. The maximum atomic E-state index is 11.4. The fourth-order valence-electron chi connectivity index (χ4n) is 2.28. The largest absolute Gasteiger partial charge is 0.326 e. The van der Waals surface area contributed by atoms with E-state index in [1.807, 2.05) is 18.2 Å². The Bertz CT molecular complexity index is 624. The molecule has 5 nitrogen and oxygen atoms in total. The molecule has 3 rings (SSSR count). The van der Waals surface area contributed by atoms with E-state index >= 15 is 0 Å². The summed E-state index contributed by atoms with van der Waals surface area (Å²) in [6.45, 7) is 3.01. The Kier molecular flexibility index (Phi) is 4.24. The third kappa shape index (κ3) is 3.26. The minimum atomic E-state index is 0.0607. The Balaban J connectivity index is 1.70. The van der Waals surface area contributed by atoms with Gasteiger partial charge in [-0.15, -0.1) is 0 Å². The van der Waals surface area contributed by atoms with Crippen molar-refractivity contribution in [1.29, 1.82) is 0 Å². The number of fused-ring (bicyclic) bond motifs is 1. The summed E-state index contributed by atoms with van der Waals surface area (Å²) in [6, 6.07) is 6.03. The zero-order valence-corrected chi connectivity index (χ0v) is 12.8. The molecular formula is C15H18N4OS. The first-order chi connectivity index (χ1) is 10.3. The topological polar surface area (TPSA) is 65.8 Å². The van der Waals surface area contributed by atoms with Gasteiger partial charge in [-0.2, -0.15) is 5.10 Å². The molecule has 0 radical (unpaired) electrons. The molecule has 1 aromatic carbocycles. The van der Waals surface area contributed by atoms with Crippen molar-refractivity contribution in [2.24, 2.45) is 10.1 Å². The van der Waals surface area contributed by atoms with E-state index in [2.05, 4.69) is 27.8 Å². The summed E-state index contributed by atoms with van der Waals surface area (Å²) in [7, 11) is 0. The molecule has 0 fully saturated rings. The average molecular weight is 302 g/mol. The number of hydrogen-bond donors (Lipinski definition) is 2. The summed E-state index contributed by atoms with van der Waals surface area (Å²) >= 11 is 1.67. The Morgan fingerprint density at radius 2 is 2.33 bits per heavy atom. The van der Waals surface area contributed by atoms with Gasteiger partial charge < -0.3 is 5.32 Å². The van der Waals surface area contributed by atoms with Crippen molar-refractivity contribution in [3.63, 3.8) is 0 Å². The lowest BCUT2D eigenvalue weighted by atomic mass is 10.1. The molecule has 0 aromatic heterocycles. The number of rotatable bonds is 4. The van der Waals surface area contributed by atoms with Gasteiger partial charge in [-0.25, -0.2) is 0 Å². The van der Waals surface area contributed by atoms with Crippen molar-refractivity contribution in [1.82, 2.24) is 5.43 Å². The summed E-state index contributed by atoms with van der Waals surface area (Å²) in [5.74, 6) is 0.857. The smallest absolute Gasteiger partial charge is 0.228 e. The Morgan fingerprint density at radius 3 is 3.10 bits per heavy atom. The van der Waals surface area contributed by atoms with Gasteiger partial charge in [-0.1, -0.05) is 37.2 Å². The Hall–Kier alpha value is -1.82. The van der Waals surface area contributed by atoms with E-state index in [1.54, 1.807) is 11.8 Å². The van der Waals surface area contributed by atoms with Crippen molar-refractivity contribution in [2.45, 2.75) is 26.2 Å². The summed E-state index contributed by atoms with van der Waals surface area (Å²) in [4.78, 5) is 15.9. The molecule has 2 heterocycles. The van der Waals surface area contributed by atoms with Gasteiger partial charge in [0.05, 0.1) is 12.1 Å². The van der Waals surface area contributed by atoms with Crippen LogP contribution >= 0.6 is 11.8 Å². The SMILES string of the molecule is CCCCN=C1NN=C(c2ccc3c(c2)NC(=O)C3)CS1. The highest BCUT2D eigenvalue weighted by atomic mass is 32.2. The van der Waals surface area contributed by atoms with Gasteiger partial charge in [-0.05, 0) is 18.1 Å².